The van der Waals surface area contributed by atoms with E-state index in [9.17, 15) is 4.79 Å². The summed E-state index contributed by atoms with van der Waals surface area (Å²) in [6, 6.07) is 1.91. The summed E-state index contributed by atoms with van der Waals surface area (Å²) >= 11 is 1.68. The van der Waals surface area contributed by atoms with E-state index in [-0.39, 0.29) is 6.09 Å². The Hall–Kier alpha value is -2.09. The van der Waals surface area contributed by atoms with Gasteiger partial charge in [0.15, 0.2) is 5.13 Å². The van der Waals surface area contributed by atoms with Crippen molar-refractivity contribution in [3.05, 3.63) is 29.5 Å². The van der Waals surface area contributed by atoms with Gasteiger partial charge in [-0.25, -0.2) is 9.78 Å². The average molecular weight is 321 g/mol. The highest BCUT2D eigenvalue weighted by molar-refractivity contribution is 7.15. The molecule has 1 saturated heterocycles. The fourth-order valence-electron chi connectivity index (χ4n) is 2.37. The zero-order chi connectivity index (χ0) is 15.4. The first kappa shape index (κ1) is 14.8. The van der Waals surface area contributed by atoms with Crippen molar-refractivity contribution in [3.8, 4) is 0 Å². The molecule has 1 amide bonds. The number of hydrogen-bond donors (Lipinski definition) is 0. The van der Waals surface area contributed by atoms with E-state index >= 15 is 0 Å². The Morgan fingerprint density at radius 1 is 1.36 bits per heavy atom. The molecule has 0 radical (unpaired) electrons. The number of aromatic nitrogens is 3. The highest BCUT2D eigenvalue weighted by Gasteiger charge is 2.23. The maximum Gasteiger partial charge on any atom is 0.409 e. The number of hydrogen-bond acceptors (Lipinski definition) is 6. The van der Waals surface area contributed by atoms with E-state index in [1.54, 1.807) is 22.4 Å². The molecule has 0 saturated carbocycles. The number of nitrogens with zero attached hydrogens (tertiary/aromatic N) is 5. The Labute approximate surface area is 133 Å². The van der Waals surface area contributed by atoms with Gasteiger partial charge in [0.05, 0.1) is 13.2 Å². The molecule has 118 valence electrons. The van der Waals surface area contributed by atoms with Gasteiger partial charge in [0.25, 0.3) is 0 Å². The van der Waals surface area contributed by atoms with E-state index in [2.05, 4.69) is 15.0 Å². The summed E-state index contributed by atoms with van der Waals surface area (Å²) in [4.78, 5) is 21.3. The molecule has 0 aliphatic carbocycles. The lowest BCUT2D eigenvalue weighted by atomic mass is 10.3. The summed E-state index contributed by atoms with van der Waals surface area (Å²) in [5.41, 5.74) is 0. The van der Waals surface area contributed by atoms with Gasteiger partial charge < -0.3 is 14.5 Å². The van der Waals surface area contributed by atoms with Crippen molar-refractivity contribution in [2.75, 3.05) is 37.7 Å². The van der Waals surface area contributed by atoms with Crippen LogP contribution in [-0.4, -0.2) is 58.5 Å². The smallest absolute Gasteiger partial charge is 0.409 e. The van der Waals surface area contributed by atoms with Gasteiger partial charge >= 0.3 is 6.09 Å². The molecular formula is C14H19N5O2S. The Morgan fingerprint density at radius 3 is 2.86 bits per heavy atom. The molecule has 0 spiro atoms. The molecule has 1 aliphatic heterocycles. The normalized spacial score (nSPS) is 15.1. The van der Waals surface area contributed by atoms with Crippen molar-refractivity contribution in [1.82, 2.24) is 19.7 Å². The van der Waals surface area contributed by atoms with E-state index in [4.69, 9.17) is 4.74 Å². The van der Waals surface area contributed by atoms with E-state index in [1.807, 2.05) is 30.1 Å². The number of anilines is 1. The SMILES string of the molecule is CCOC(=O)N1CCN(c2ncc(Cn3cccn3)s2)CC1. The van der Waals surface area contributed by atoms with E-state index in [0.717, 1.165) is 24.8 Å². The van der Waals surface area contributed by atoms with Crippen molar-refractivity contribution in [1.29, 1.82) is 0 Å². The lowest BCUT2D eigenvalue weighted by Gasteiger charge is -2.33. The van der Waals surface area contributed by atoms with Gasteiger partial charge in [0.2, 0.25) is 0 Å². The van der Waals surface area contributed by atoms with Crippen LogP contribution in [-0.2, 0) is 11.3 Å². The zero-order valence-electron chi connectivity index (χ0n) is 12.5. The molecule has 8 heteroatoms. The van der Waals surface area contributed by atoms with Gasteiger partial charge in [-0.1, -0.05) is 11.3 Å². The largest absolute Gasteiger partial charge is 0.450 e. The van der Waals surface area contributed by atoms with Crippen molar-refractivity contribution in [2.24, 2.45) is 0 Å². The van der Waals surface area contributed by atoms with Crippen molar-refractivity contribution < 1.29 is 9.53 Å². The summed E-state index contributed by atoms with van der Waals surface area (Å²) in [5, 5.41) is 5.21. The molecule has 0 N–H and O–H groups in total. The van der Waals surface area contributed by atoms with Crippen LogP contribution in [0.5, 0.6) is 0 Å². The minimum atomic E-state index is -0.222. The summed E-state index contributed by atoms with van der Waals surface area (Å²) in [5.74, 6) is 0. The number of ether oxygens (including phenoxy) is 1. The molecule has 7 nitrogen and oxygen atoms in total. The van der Waals surface area contributed by atoms with Gasteiger partial charge in [-0.05, 0) is 13.0 Å². The minimum absolute atomic E-state index is 0.222. The fraction of sp³-hybridized carbons (Fsp3) is 0.500. The van der Waals surface area contributed by atoms with Gasteiger partial charge in [-0.2, -0.15) is 5.10 Å². The van der Waals surface area contributed by atoms with Gasteiger partial charge in [-0.15, -0.1) is 0 Å². The topological polar surface area (TPSA) is 63.5 Å². The maximum atomic E-state index is 11.7. The Balaban J connectivity index is 1.55. The van der Waals surface area contributed by atoms with Crippen molar-refractivity contribution in [3.63, 3.8) is 0 Å². The predicted octanol–water partition coefficient (Wildman–Crippen LogP) is 1.67. The zero-order valence-corrected chi connectivity index (χ0v) is 13.3. The summed E-state index contributed by atoms with van der Waals surface area (Å²) in [6.07, 6.45) is 5.40. The summed E-state index contributed by atoms with van der Waals surface area (Å²) in [7, 11) is 0. The van der Waals surface area contributed by atoms with Gasteiger partial charge in [-0.3, -0.25) is 4.68 Å². The molecule has 3 heterocycles. The quantitative estimate of drug-likeness (QED) is 0.857. The molecule has 0 unspecified atom stereocenters. The van der Waals surface area contributed by atoms with Crippen LogP contribution in [0.1, 0.15) is 11.8 Å². The van der Waals surface area contributed by atoms with Gasteiger partial charge in [0, 0.05) is 49.6 Å². The molecule has 1 fully saturated rings. The maximum absolute atomic E-state index is 11.7. The van der Waals surface area contributed by atoms with Crippen molar-refractivity contribution in [2.45, 2.75) is 13.5 Å². The van der Waals surface area contributed by atoms with Gasteiger partial charge in [0.1, 0.15) is 0 Å². The lowest BCUT2D eigenvalue weighted by molar-refractivity contribution is 0.105. The lowest BCUT2D eigenvalue weighted by Crippen LogP contribution is -2.48. The third-order valence-corrected chi connectivity index (χ3v) is 4.54. The number of thiazole rings is 1. The second kappa shape index (κ2) is 6.78. The third kappa shape index (κ3) is 3.38. The van der Waals surface area contributed by atoms with Crippen molar-refractivity contribution >= 4 is 22.6 Å². The first-order chi connectivity index (χ1) is 10.8. The molecule has 2 aromatic heterocycles. The summed E-state index contributed by atoms with van der Waals surface area (Å²) in [6.45, 7) is 5.90. The van der Waals surface area contributed by atoms with E-state index < -0.39 is 0 Å². The van der Waals surface area contributed by atoms with Crippen LogP contribution < -0.4 is 4.90 Å². The minimum Gasteiger partial charge on any atom is -0.450 e. The highest BCUT2D eigenvalue weighted by atomic mass is 32.1. The molecule has 3 rings (SSSR count). The molecular weight excluding hydrogens is 302 g/mol. The van der Waals surface area contributed by atoms with Crippen LogP contribution in [0.25, 0.3) is 0 Å². The molecule has 1 aliphatic rings. The highest BCUT2D eigenvalue weighted by Crippen LogP contribution is 2.24. The number of carbonyl (C=O) groups excluding carboxylic acids is 1. The number of rotatable bonds is 4. The van der Waals surface area contributed by atoms with E-state index in [0.29, 0.717) is 19.7 Å². The molecule has 0 aromatic carbocycles. The third-order valence-electron chi connectivity index (χ3n) is 3.49. The number of amides is 1. The van der Waals surface area contributed by atoms with Crippen LogP contribution in [0.3, 0.4) is 0 Å². The Bertz CT molecular complexity index is 605. The van der Waals surface area contributed by atoms with E-state index in [1.165, 1.54) is 4.88 Å². The number of carbonyl (C=O) groups is 1. The molecule has 22 heavy (non-hydrogen) atoms. The first-order valence-electron chi connectivity index (χ1n) is 7.35. The van der Waals surface area contributed by atoms with Crippen LogP contribution in [0.4, 0.5) is 9.93 Å². The fourth-order valence-corrected chi connectivity index (χ4v) is 3.32. The van der Waals surface area contributed by atoms with Crippen LogP contribution >= 0.6 is 11.3 Å². The number of piperazine rings is 1. The monoisotopic (exact) mass is 321 g/mol. The van der Waals surface area contributed by atoms with Crippen LogP contribution in [0.2, 0.25) is 0 Å². The Kier molecular flexibility index (Phi) is 4.57. The summed E-state index contributed by atoms with van der Waals surface area (Å²) < 4.78 is 6.92. The standard InChI is InChI=1S/C14H19N5O2S/c1-2-21-14(20)18-8-6-17(7-9-18)13-15-10-12(22-13)11-19-5-3-4-16-19/h3-5,10H,2,6-9,11H2,1H3. The first-order valence-corrected chi connectivity index (χ1v) is 8.16. The average Bonchev–Trinajstić information content (AvgIpc) is 3.20. The predicted molar refractivity (Wildman–Crippen MR) is 84.3 cm³/mol. The second-order valence-electron chi connectivity index (χ2n) is 4.99. The van der Waals surface area contributed by atoms with Crippen LogP contribution in [0.15, 0.2) is 24.7 Å². The molecule has 2 aromatic rings. The molecule has 0 atom stereocenters. The second-order valence-corrected chi connectivity index (χ2v) is 6.08. The Morgan fingerprint density at radius 2 is 2.18 bits per heavy atom. The van der Waals surface area contributed by atoms with Crippen LogP contribution in [0, 0.1) is 0 Å². The molecule has 0 bridgehead atoms.